The molecule has 2 aliphatic carbocycles. The van der Waals surface area contributed by atoms with Gasteiger partial charge in [-0.25, -0.2) is 0 Å². The minimum Gasteiger partial charge on any atom is -0.460 e. The molecule has 0 aromatic rings. The van der Waals surface area contributed by atoms with Crippen molar-refractivity contribution in [2.24, 2.45) is 23.7 Å². The van der Waals surface area contributed by atoms with E-state index in [2.05, 4.69) is 12.2 Å². The Balaban J connectivity index is 1.61. The third kappa shape index (κ3) is 1.000. The lowest BCUT2D eigenvalue weighted by Crippen LogP contribution is -2.40. The second-order valence-electron chi connectivity index (χ2n) is 5.63. The van der Waals surface area contributed by atoms with Crippen molar-refractivity contribution in [3.63, 3.8) is 0 Å². The van der Waals surface area contributed by atoms with Crippen molar-refractivity contribution in [3.05, 3.63) is 12.2 Å². The minimum atomic E-state index is -0.170. The van der Waals surface area contributed by atoms with E-state index in [4.69, 9.17) is 9.47 Å². The van der Waals surface area contributed by atoms with E-state index in [1.807, 2.05) is 0 Å². The average Bonchev–Trinajstić information content (AvgIpc) is 2.93. The normalized spacial score (nSPS) is 55.7. The maximum absolute atomic E-state index is 11.0. The van der Waals surface area contributed by atoms with Crippen molar-refractivity contribution in [2.45, 2.75) is 38.1 Å². The minimum absolute atomic E-state index is 0.0245. The van der Waals surface area contributed by atoms with E-state index in [-0.39, 0.29) is 18.2 Å². The zero-order valence-electron chi connectivity index (χ0n) is 9.34. The van der Waals surface area contributed by atoms with Crippen molar-refractivity contribution in [3.8, 4) is 0 Å². The van der Waals surface area contributed by atoms with Gasteiger partial charge in [0.25, 0.3) is 0 Å². The monoisotopic (exact) mass is 220 g/mol. The van der Waals surface area contributed by atoms with Gasteiger partial charge in [-0.1, -0.05) is 12.2 Å². The van der Waals surface area contributed by atoms with Crippen molar-refractivity contribution in [1.82, 2.24) is 0 Å². The first-order chi connectivity index (χ1) is 7.74. The highest BCUT2D eigenvalue weighted by Gasteiger charge is 2.63. The van der Waals surface area contributed by atoms with Gasteiger partial charge in [-0.15, -0.1) is 0 Å². The van der Waals surface area contributed by atoms with Crippen LogP contribution in [0.5, 0.6) is 0 Å². The Morgan fingerprint density at radius 3 is 2.75 bits per heavy atom. The topological polar surface area (TPSA) is 35.5 Å². The molecule has 0 radical (unpaired) electrons. The second-order valence-corrected chi connectivity index (χ2v) is 5.63. The number of allylic oxidation sites excluding steroid dienone is 2. The molecule has 4 rings (SSSR count). The Morgan fingerprint density at radius 2 is 2.00 bits per heavy atom. The Kier molecular flexibility index (Phi) is 1.67. The van der Waals surface area contributed by atoms with Crippen molar-refractivity contribution < 1.29 is 14.3 Å². The zero-order valence-corrected chi connectivity index (χ0v) is 9.34. The molecule has 2 heterocycles. The summed E-state index contributed by atoms with van der Waals surface area (Å²) in [6.07, 6.45) is 7.49. The molecule has 3 nitrogen and oxygen atoms in total. The summed E-state index contributed by atoms with van der Waals surface area (Å²) >= 11 is 0. The van der Waals surface area contributed by atoms with Crippen LogP contribution in [0.4, 0.5) is 0 Å². The van der Waals surface area contributed by atoms with E-state index in [1.54, 1.807) is 0 Å². The van der Waals surface area contributed by atoms with Gasteiger partial charge in [0, 0.05) is 19.3 Å². The molecule has 3 fully saturated rings. The fraction of sp³-hybridized carbons (Fsp3) is 0.769. The predicted molar refractivity (Wildman–Crippen MR) is 56.5 cm³/mol. The lowest BCUT2D eigenvalue weighted by Gasteiger charge is -2.32. The Bertz CT molecular complexity index is 375. The van der Waals surface area contributed by atoms with Crippen LogP contribution in [0.25, 0.3) is 0 Å². The number of carbonyl (C=O) groups is 1. The molecule has 7 atom stereocenters. The molecule has 2 aliphatic heterocycles. The molecule has 86 valence electrons. The molecule has 0 aromatic heterocycles. The molecule has 0 spiro atoms. The van der Waals surface area contributed by atoms with Crippen LogP contribution in [0.15, 0.2) is 12.2 Å². The summed E-state index contributed by atoms with van der Waals surface area (Å²) in [5, 5.41) is 0. The molecule has 16 heavy (non-hydrogen) atoms. The maximum Gasteiger partial charge on any atom is 0.302 e. The fourth-order valence-electron chi connectivity index (χ4n) is 4.51. The summed E-state index contributed by atoms with van der Waals surface area (Å²) in [4.78, 5) is 11.0. The van der Waals surface area contributed by atoms with Crippen LogP contribution in [0.1, 0.15) is 19.8 Å². The lowest BCUT2D eigenvalue weighted by atomic mass is 9.72. The summed E-state index contributed by atoms with van der Waals surface area (Å²) in [5.41, 5.74) is 0. The Hall–Kier alpha value is -0.830. The highest BCUT2D eigenvalue weighted by atomic mass is 16.6. The molecule has 0 amide bonds. The molecule has 2 saturated heterocycles. The first-order valence-corrected chi connectivity index (χ1v) is 6.25. The van der Waals surface area contributed by atoms with Gasteiger partial charge >= 0.3 is 5.97 Å². The van der Waals surface area contributed by atoms with Crippen LogP contribution in [-0.2, 0) is 14.3 Å². The zero-order chi connectivity index (χ0) is 10.9. The molecule has 7 unspecified atom stereocenters. The maximum atomic E-state index is 11.0. The van der Waals surface area contributed by atoms with Crippen LogP contribution in [0.2, 0.25) is 0 Å². The van der Waals surface area contributed by atoms with Gasteiger partial charge in [-0.3, -0.25) is 4.79 Å². The van der Waals surface area contributed by atoms with Crippen molar-refractivity contribution in [2.75, 3.05) is 0 Å². The molecule has 1 saturated carbocycles. The number of hydrogen-bond donors (Lipinski definition) is 0. The molecule has 3 heteroatoms. The van der Waals surface area contributed by atoms with Gasteiger partial charge in [-0.05, 0) is 24.2 Å². The molecular weight excluding hydrogens is 204 g/mol. The highest BCUT2D eigenvalue weighted by Crippen LogP contribution is 2.60. The van der Waals surface area contributed by atoms with E-state index in [1.165, 1.54) is 13.3 Å². The Labute approximate surface area is 94.8 Å². The molecular formula is C13H16O3. The first kappa shape index (κ1) is 9.23. The smallest absolute Gasteiger partial charge is 0.302 e. The van der Waals surface area contributed by atoms with E-state index < -0.39 is 0 Å². The summed E-state index contributed by atoms with van der Waals surface area (Å²) in [6.45, 7) is 1.49. The largest absolute Gasteiger partial charge is 0.460 e. The van der Waals surface area contributed by atoms with E-state index >= 15 is 0 Å². The lowest BCUT2D eigenvalue weighted by molar-refractivity contribution is -0.150. The van der Waals surface area contributed by atoms with Crippen molar-refractivity contribution >= 4 is 5.97 Å². The third-order valence-corrected chi connectivity index (χ3v) is 4.87. The summed E-state index contributed by atoms with van der Waals surface area (Å²) in [7, 11) is 0. The van der Waals surface area contributed by atoms with Gasteiger partial charge in [0.15, 0.2) is 0 Å². The third-order valence-electron chi connectivity index (χ3n) is 4.87. The standard InChI is InChI=1S/C13H16O3/c1-6(14)15-10-5-9-11-7-2-3-8(4-7)12(11)13(10)16-9/h2-3,7-13H,4-5H2,1H3. The number of carbonyl (C=O) groups excluding carboxylic acids is 1. The number of ether oxygens (including phenoxy) is 2. The van der Waals surface area contributed by atoms with Crippen LogP contribution in [0, 0.1) is 23.7 Å². The number of esters is 1. The Morgan fingerprint density at radius 1 is 1.25 bits per heavy atom. The van der Waals surface area contributed by atoms with Gasteiger partial charge in [0.2, 0.25) is 0 Å². The van der Waals surface area contributed by atoms with Crippen LogP contribution >= 0.6 is 0 Å². The molecule has 4 bridgehead atoms. The molecule has 0 N–H and O–H groups in total. The number of rotatable bonds is 1. The van der Waals surface area contributed by atoms with E-state index in [0.717, 1.165) is 12.3 Å². The van der Waals surface area contributed by atoms with Crippen molar-refractivity contribution in [1.29, 1.82) is 0 Å². The van der Waals surface area contributed by atoms with Crippen LogP contribution in [-0.4, -0.2) is 24.3 Å². The molecule has 4 aliphatic rings. The van der Waals surface area contributed by atoms with Gasteiger partial charge in [0.1, 0.15) is 6.10 Å². The summed E-state index contributed by atoms with van der Waals surface area (Å²) in [5.74, 6) is 2.59. The van der Waals surface area contributed by atoms with Crippen LogP contribution in [0.3, 0.4) is 0 Å². The first-order valence-electron chi connectivity index (χ1n) is 6.25. The predicted octanol–water partition coefficient (Wildman–Crippen LogP) is 1.53. The average molecular weight is 220 g/mol. The van der Waals surface area contributed by atoms with E-state index in [9.17, 15) is 4.79 Å². The summed E-state index contributed by atoms with van der Waals surface area (Å²) < 4.78 is 11.4. The number of fused-ring (bicyclic) bond motifs is 9. The number of hydrogen-bond acceptors (Lipinski definition) is 3. The van der Waals surface area contributed by atoms with Crippen LogP contribution < -0.4 is 0 Å². The highest BCUT2D eigenvalue weighted by molar-refractivity contribution is 5.66. The fourth-order valence-corrected chi connectivity index (χ4v) is 4.51. The quantitative estimate of drug-likeness (QED) is 0.496. The van der Waals surface area contributed by atoms with Gasteiger partial charge in [-0.2, -0.15) is 0 Å². The summed E-state index contributed by atoms with van der Waals surface area (Å²) in [6, 6.07) is 0. The van der Waals surface area contributed by atoms with Gasteiger partial charge in [0.05, 0.1) is 12.2 Å². The second kappa shape index (κ2) is 2.89. The van der Waals surface area contributed by atoms with E-state index in [0.29, 0.717) is 23.9 Å². The SMILES string of the molecule is CC(=O)OC1CC2OC1C1C3C=CC(C3)C21. The molecule has 0 aromatic carbocycles. The van der Waals surface area contributed by atoms with Gasteiger partial charge < -0.3 is 9.47 Å².